The van der Waals surface area contributed by atoms with Crippen LogP contribution in [-0.4, -0.2) is 85.0 Å². The molecule has 6 aliphatic rings. The fraction of sp³-hybridized carbons (Fsp3) is 0.902. The third-order valence-corrected chi connectivity index (χ3v) is 14.4. The van der Waals surface area contributed by atoms with E-state index >= 15 is 0 Å². The zero-order valence-corrected chi connectivity index (χ0v) is 32.5. The smallest absolute Gasteiger partial charge is 0.237 e. The Morgan fingerprint density at radius 1 is 0.396 bits per heavy atom. The van der Waals surface area contributed by atoms with Crippen LogP contribution in [-0.2, 0) is 19.2 Å². The Bertz CT molecular complexity index is 1080. The average Bonchev–Trinajstić information content (AvgIpc) is 3.20. The van der Waals surface area contributed by atoms with Crippen molar-refractivity contribution >= 4 is 23.6 Å². The summed E-state index contributed by atoms with van der Waals surface area (Å²) < 4.78 is 0. The average molecular weight is 741 g/mol. The monoisotopic (exact) mass is 741 g/mol. The molecule has 0 aromatic rings. The molecule has 0 radical (unpaired) electrons. The van der Waals surface area contributed by atoms with Gasteiger partial charge in [0.05, 0.1) is 0 Å². The summed E-state index contributed by atoms with van der Waals surface area (Å²) in [5, 5.41) is 10.7. The number of carbonyl (C=O) groups is 4. The fourth-order valence-electron chi connectivity index (χ4n) is 10.5. The van der Waals surface area contributed by atoms with Crippen molar-refractivity contribution in [1.82, 2.24) is 31.5 Å². The number of carbonyl (C=O) groups excluding carboxylic acids is 4. The lowest BCUT2D eigenvalue weighted by molar-refractivity contribution is -0.133. The molecule has 4 aliphatic carbocycles. The molecule has 6 rings (SSSR count). The first-order valence-corrected chi connectivity index (χ1v) is 21.9. The van der Waals surface area contributed by atoms with Gasteiger partial charge in [-0.2, -0.15) is 0 Å². The predicted octanol–water partition coefficient (Wildman–Crippen LogP) is 3.74. The highest BCUT2D eigenvalue weighted by Crippen LogP contribution is 2.39. The van der Waals surface area contributed by atoms with Crippen molar-refractivity contribution < 1.29 is 19.2 Å². The molecule has 0 unspecified atom stereocenters. The van der Waals surface area contributed by atoms with Gasteiger partial charge >= 0.3 is 0 Å². The summed E-state index contributed by atoms with van der Waals surface area (Å²) in [7, 11) is 0. The maximum absolute atomic E-state index is 13.2. The first-order valence-electron chi connectivity index (χ1n) is 21.9. The number of nitrogens with two attached hydrogens (primary N) is 2. The topological polar surface area (TPSA) is 175 Å². The Kier molecular flexibility index (Phi) is 15.3. The molecule has 2 heterocycles. The van der Waals surface area contributed by atoms with Gasteiger partial charge in [-0.3, -0.25) is 30.0 Å². The van der Waals surface area contributed by atoms with Crippen LogP contribution in [0.3, 0.4) is 0 Å². The minimum absolute atomic E-state index is 0.0922. The molecule has 6 fully saturated rings. The van der Waals surface area contributed by atoms with Crippen LogP contribution in [0.25, 0.3) is 0 Å². The molecule has 300 valence electrons. The second-order valence-electron chi connectivity index (χ2n) is 18.1. The number of rotatable bonds is 12. The second kappa shape index (κ2) is 20.1. The van der Waals surface area contributed by atoms with Crippen LogP contribution >= 0.6 is 0 Å². The van der Waals surface area contributed by atoms with Gasteiger partial charge in [-0.05, 0) is 172 Å². The number of hydrogen-bond donors (Lipinski definition) is 6. The Morgan fingerprint density at radius 2 is 0.679 bits per heavy atom. The number of nitrogens with one attached hydrogen (secondary N) is 4. The van der Waals surface area contributed by atoms with Gasteiger partial charge in [0, 0.05) is 61.9 Å². The molecule has 53 heavy (non-hydrogen) atoms. The summed E-state index contributed by atoms with van der Waals surface area (Å²) >= 11 is 0. The van der Waals surface area contributed by atoms with Gasteiger partial charge in [0.25, 0.3) is 0 Å². The highest BCUT2D eigenvalue weighted by atomic mass is 16.2. The number of hydrazine groups is 2. The van der Waals surface area contributed by atoms with E-state index in [-0.39, 0.29) is 59.4 Å². The lowest BCUT2D eigenvalue weighted by atomic mass is 9.73. The van der Waals surface area contributed by atoms with Gasteiger partial charge in [-0.25, -0.2) is 10.0 Å². The normalized spacial score (nSPS) is 34.2. The summed E-state index contributed by atoms with van der Waals surface area (Å²) in [5.41, 5.74) is 18.0. The van der Waals surface area contributed by atoms with Crippen molar-refractivity contribution in [3.8, 4) is 0 Å². The highest BCUT2D eigenvalue weighted by Gasteiger charge is 2.34. The van der Waals surface area contributed by atoms with Crippen molar-refractivity contribution in [3.63, 3.8) is 0 Å². The fourth-order valence-corrected chi connectivity index (χ4v) is 10.5. The minimum Gasteiger partial charge on any atom is -0.353 e. The van der Waals surface area contributed by atoms with E-state index in [1.165, 1.54) is 6.42 Å². The van der Waals surface area contributed by atoms with Gasteiger partial charge < -0.3 is 22.1 Å². The van der Waals surface area contributed by atoms with Crippen molar-refractivity contribution in [2.75, 3.05) is 39.3 Å². The van der Waals surface area contributed by atoms with E-state index < -0.39 is 0 Å². The molecular formula is C41H72N8O4. The van der Waals surface area contributed by atoms with E-state index in [0.29, 0.717) is 23.7 Å². The van der Waals surface area contributed by atoms with Crippen LogP contribution in [0, 0.1) is 47.3 Å². The predicted molar refractivity (Wildman–Crippen MR) is 206 cm³/mol. The number of amides is 4. The van der Waals surface area contributed by atoms with Crippen LogP contribution in [0.4, 0.5) is 0 Å². The maximum atomic E-state index is 13.2. The third-order valence-electron chi connectivity index (χ3n) is 14.4. The first-order chi connectivity index (χ1) is 25.8. The van der Waals surface area contributed by atoms with E-state index in [1.54, 1.807) is 0 Å². The van der Waals surface area contributed by atoms with Crippen molar-refractivity contribution in [1.29, 1.82) is 0 Å². The van der Waals surface area contributed by atoms with Crippen molar-refractivity contribution in [2.45, 2.75) is 147 Å². The molecule has 8 N–H and O–H groups in total. The van der Waals surface area contributed by atoms with Gasteiger partial charge in [-0.1, -0.05) is 0 Å². The molecule has 0 spiro atoms. The van der Waals surface area contributed by atoms with Gasteiger partial charge in [-0.15, -0.1) is 0 Å². The molecule has 12 nitrogen and oxygen atoms in total. The number of hydrogen-bond acceptors (Lipinski definition) is 8. The molecule has 0 aromatic carbocycles. The van der Waals surface area contributed by atoms with Crippen LogP contribution < -0.4 is 33.0 Å². The Hall–Kier alpha value is -2.28. The quantitative estimate of drug-likeness (QED) is 0.176. The summed E-state index contributed by atoms with van der Waals surface area (Å²) in [5.74, 6) is 3.73. The molecule has 4 saturated carbocycles. The lowest BCUT2D eigenvalue weighted by Crippen LogP contribution is -2.53. The summed E-state index contributed by atoms with van der Waals surface area (Å²) in [6.07, 6.45) is 21.1. The maximum Gasteiger partial charge on any atom is 0.237 e. The summed E-state index contributed by atoms with van der Waals surface area (Å²) in [6.45, 7) is 4.58. The van der Waals surface area contributed by atoms with Crippen LogP contribution in [0.5, 0.6) is 0 Å². The molecule has 0 aromatic heterocycles. The Morgan fingerprint density at radius 3 is 0.981 bits per heavy atom. The van der Waals surface area contributed by atoms with E-state index in [0.717, 1.165) is 168 Å². The van der Waals surface area contributed by atoms with Crippen molar-refractivity contribution in [3.05, 3.63) is 0 Å². The lowest BCUT2D eigenvalue weighted by Gasteiger charge is -2.37. The summed E-state index contributed by atoms with van der Waals surface area (Å²) in [6, 6.07) is 0.397. The van der Waals surface area contributed by atoms with Crippen LogP contribution in [0.2, 0.25) is 0 Å². The standard InChI is InChI=1S/C41H72N8O4/c42-26-30-5-13-32(14-6-30)38(50)44-36-17-21-48(22-18-36)46-40(52)34-9-1-28(2-10-34)25-29-3-11-35(12-4-29)41(53)47-49-23-19-37(20-24-49)45-39(51)33-15-7-31(27-43)8-16-33/h28-37H,1-27,42-43H2,(H,44,50)(H,45,51)(H,46,52)(H,47,53). The van der Waals surface area contributed by atoms with E-state index in [1.807, 2.05) is 0 Å². The molecule has 2 saturated heterocycles. The van der Waals surface area contributed by atoms with Crippen LogP contribution in [0.1, 0.15) is 135 Å². The van der Waals surface area contributed by atoms with Gasteiger partial charge in [0.15, 0.2) is 0 Å². The molecular weight excluding hydrogens is 669 g/mol. The molecule has 12 heteroatoms. The Balaban J connectivity index is 0.792. The molecule has 2 aliphatic heterocycles. The number of piperidine rings is 2. The Labute approximate surface area is 318 Å². The first kappa shape index (κ1) is 40.4. The van der Waals surface area contributed by atoms with Gasteiger partial charge in [0.1, 0.15) is 0 Å². The van der Waals surface area contributed by atoms with E-state index in [4.69, 9.17) is 11.5 Å². The zero-order chi connectivity index (χ0) is 37.2. The molecule has 0 atom stereocenters. The highest BCUT2D eigenvalue weighted by molar-refractivity contribution is 5.80. The van der Waals surface area contributed by atoms with Crippen molar-refractivity contribution in [2.24, 2.45) is 58.8 Å². The SMILES string of the molecule is NCC1CCC(C(=O)NC2CCN(NC(=O)C3CCC(CC4CCC(C(=O)NN5CCC(NC(=O)C6CCC(CN)CC6)CC5)CC4)CC3)CC2)CC1. The molecule has 4 amide bonds. The van der Waals surface area contributed by atoms with Gasteiger partial charge in [0.2, 0.25) is 23.6 Å². The second-order valence-corrected chi connectivity index (χ2v) is 18.1. The molecule has 0 bridgehead atoms. The zero-order valence-electron chi connectivity index (χ0n) is 32.5. The summed E-state index contributed by atoms with van der Waals surface area (Å²) in [4.78, 5) is 52.0. The van der Waals surface area contributed by atoms with E-state index in [2.05, 4.69) is 31.5 Å². The largest absolute Gasteiger partial charge is 0.353 e. The third kappa shape index (κ3) is 11.9. The van der Waals surface area contributed by atoms with E-state index in [9.17, 15) is 19.2 Å². The minimum atomic E-state index is 0.0922. The van der Waals surface area contributed by atoms with Crippen LogP contribution in [0.15, 0.2) is 0 Å². The number of nitrogens with zero attached hydrogens (tertiary/aromatic N) is 2.